The highest BCUT2D eigenvalue weighted by Crippen LogP contribution is 2.22. The quantitative estimate of drug-likeness (QED) is 0.292. The summed E-state index contributed by atoms with van der Waals surface area (Å²) in [6.45, 7) is 9.44. The molecule has 0 bridgehead atoms. The maximum atomic E-state index is 13.6. The van der Waals surface area contributed by atoms with E-state index in [1.54, 1.807) is 12.1 Å². The molecule has 0 aliphatic heterocycles. The molecule has 2 rings (SSSR count). The Bertz CT molecular complexity index is 839. The van der Waals surface area contributed by atoms with Crippen molar-refractivity contribution in [1.29, 1.82) is 0 Å². The van der Waals surface area contributed by atoms with E-state index in [2.05, 4.69) is 34.8 Å². The summed E-state index contributed by atoms with van der Waals surface area (Å²) in [5, 5.41) is 9.35. The minimum Gasteiger partial charge on any atom is -0.357 e. The van der Waals surface area contributed by atoms with Crippen molar-refractivity contribution in [2.75, 3.05) is 18.4 Å². The van der Waals surface area contributed by atoms with Crippen molar-refractivity contribution in [2.45, 2.75) is 39.7 Å². The van der Waals surface area contributed by atoms with Gasteiger partial charge in [0, 0.05) is 31.1 Å². The van der Waals surface area contributed by atoms with E-state index in [0.717, 1.165) is 23.4 Å². The summed E-state index contributed by atoms with van der Waals surface area (Å²) >= 11 is 0. The van der Waals surface area contributed by atoms with Crippen molar-refractivity contribution in [1.82, 2.24) is 10.6 Å². The molecule has 158 valence electrons. The normalized spacial score (nSPS) is 11.4. The zero-order chi connectivity index (χ0) is 20.6. The van der Waals surface area contributed by atoms with Crippen molar-refractivity contribution >= 4 is 41.5 Å². The molecular formula is C22H30FIN4O. The predicted molar refractivity (Wildman–Crippen MR) is 128 cm³/mol. The van der Waals surface area contributed by atoms with Crippen LogP contribution in [0, 0.1) is 5.82 Å². The average molecular weight is 512 g/mol. The van der Waals surface area contributed by atoms with Gasteiger partial charge >= 0.3 is 0 Å². The first-order valence-corrected chi connectivity index (χ1v) is 9.45. The van der Waals surface area contributed by atoms with Crippen molar-refractivity contribution in [3.05, 3.63) is 65.5 Å². The second kappa shape index (κ2) is 11.7. The lowest BCUT2D eigenvalue weighted by Gasteiger charge is -2.27. The highest BCUT2D eigenvalue weighted by Gasteiger charge is 2.21. The van der Waals surface area contributed by atoms with E-state index in [4.69, 9.17) is 0 Å². The Kier molecular flexibility index (Phi) is 10.1. The third-order valence-electron chi connectivity index (χ3n) is 4.32. The van der Waals surface area contributed by atoms with Crippen LogP contribution in [0.4, 0.5) is 10.1 Å². The zero-order valence-corrected chi connectivity index (χ0v) is 19.7. The highest BCUT2D eigenvalue weighted by atomic mass is 127. The molecule has 0 saturated heterocycles. The monoisotopic (exact) mass is 512 g/mol. The molecule has 29 heavy (non-hydrogen) atoms. The minimum absolute atomic E-state index is 0. The van der Waals surface area contributed by atoms with Crippen LogP contribution in [0.15, 0.2) is 53.5 Å². The van der Waals surface area contributed by atoms with E-state index in [1.807, 2.05) is 37.3 Å². The van der Waals surface area contributed by atoms with Crippen molar-refractivity contribution in [3.63, 3.8) is 0 Å². The molecule has 0 saturated carbocycles. The number of benzene rings is 2. The van der Waals surface area contributed by atoms with Gasteiger partial charge in [0.2, 0.25) is 5.91 Å². The SMILES string of the molecule is CCNC(=NCc1cccc(NC(C)=O)c1)NCC(C)(C)c1cccc(F)c1.I. The Morgan fingerprint density at radius 1 is 1.10 bits per heavy atom. The highest BCUT2D eigenvalue weighted by molar-refractivity contribution is 14.0. The number of carbonyl (C=O) groups is 1. The van der Waals surface area contributed by atoms with E-state index in [0.29, 0.717) is 19.0 Å². The molecule has 0 spiro atoms. The number of rotatable bonds is 7. The Balaban J connectivity index is 0.00000420. The number of guanidine groups is 1. The van der Waals surface area contributed by atoms with E-state index < -0.39 is 0 Å². The summed E-state index contributed by atoms with van der Waals surface area (Å²) in [6.07, 6.45) is 0. The van der Waals surface area contributed by atoms with Gasteiger partial charge in [0.15, 0.2) is 5.96 Å². The lowest BCUT2D eigenvalue weighted by atomic mass is 9.84. The fourth-order valence-electron chi connectivity index (χ4n) is 2.78. The fraction of sp³-hybridized carbons (Fsp3) is 0.364. The van der Waals surface area contributed by atoms with Gasteiger partial charge in [0.1, 0.15) is 5.82 Å². The number of nitrogens with one attached hydrogen (secondary N) is 3. The summed E-state index contributed by atoms with van der Waals surface area (Å²) in [5.41, 5.74) is 2.42. The van der Waals surface area contributed by atoms with Crippen molar-refractivity contribution in [3.8, 4) is 0 Å². The Morgan fingerprint density at radius 3 is 2.48 bits per heavy atom. The van der Waals surface area contributed by atoms with E-state index in [9.17, 15) is 9.18 Å². The third kappa shape index (κ3) is 8.39. The zero-order valence-electron chi connectivity index (χ0n) is 17.4. The van der Waals surface area contributed by atoms with Crippen LogP contribution < -0.4 is 16.0 Å². The smallest absolute Gasteiger partial charge is 0.221 e. The molecule has 7 heteroatoms. The number of amides is 1. The first-order valence-electron chi connectivity index (χ1n) is 9.45. The Morgan fingerprint density at radius 2 is 1.83 bits per heavy atom. The van der Waals surface area contributed by atoms with Crippen molar-refractivity contribution < 1.29 is 9.18 Å². The average Bonchev–Trinajstić information content (AvgIpc) is 2.64. The van der Waals surface area contributed by atoms with E-state index >= 15 is 0 Å². The molecule has 0 heterocycles. The topological polar surface area (TPSA) is 65.5 Å². The largest absolute Gasteiger partial charge is 0.357 e. The predicted octanol–water partition coefficient (Wildman–Crippen LogP) is 4.44. The van der Waals surface area contributed by atoms with Gasteiger partial charge in [-0.05, 0) is 42.3 Å². The molecule has 0 radical (unpaired) electrons. The lowest BCUT2D eigenvalue weighted by molar-refractivity contribution is -0.114. The maximum Gasteiger partial charge on any atom is 0.221 e. The number of aliphatic imine (C=N–C) groups is 1. The molecule has 0 atom stereocenters. The summed E-state index contributed by atoms with van der Waals surface area (Å²) in [4.78, 5) is 15.8. The first-order chi connectivity index (χ1) is 13.3. The van der Waals surface area contributed by atoms with Gasteiger partial charge in [-0.1, -0.05) is 38.1 Å². The molecule has 0 fully saturated rings. The molecule has 0 aliphatic rings. The molecular weight excluding hydrogens is 482 g/mol. The second-order valence-corrected chi connectivity index (χ2v) is 7.32. The van der Waals surface area contributed by atoms with Gasteiger partial charge in [-0.3, -0.25) is 4.79 Å². The van der Waals surface area contributed by atoms with Gasteiger partial charge in [-0.25, -0.2) is 9.38 Å². The second-order valence-electron chi connectivity index (χ2n) is 7.32. The number of hydrogen-bond donors (Lipinski definition) is 3. The van der Waals surface area contributed by atoms with Crippen molar-refractivity contribution in [2.24, 2.45) is 4.99 Å². The Hall–Kier alpha value is -2.16. The fourth-order valence-corrected chi connectivity index (χ4v) is 2.78. The molecule has 2 aromatic rings. The number of hydrogen-bond acceptors (Lipinski definition) is 2. The van der Waals surface area contributed by atoms with Crippen LogP contribution >= 0.6 is 24.0 Å². The van der Waals surface area contributed by atoms with Gasteiger partial charge < -0.3 is 16.0 Å². The van der Waals surface area contributed by atoms with Crippen LogP contribution in [0.3, 0.4) is 0 Å². The summed E-state index contributed by atoms with van der Waals surface area (Å²) in [7, 11) is 0. The number of carbonyl (C=O) groups excluding carboxylic acids is 1. The molecule has 3 N–H and O–H groups in total. The van der Waals surface area contributed by atoms with Crippen LogP contribution in [-0.2, 0) is 16.8 Å². The van der Waals surface area contributed by atoms with Gasteiger partial charge in [-0.2, -0.15) is 0 Å². The van der Waals surface area contributed by atoms with Gasteiger partial charge in [0.05, 0.1) is 6.54 Å². The van der Waals surface area contributed by atoms with E-state index in [-0.39, 0.29) is 41.1 Å². The van der Waals surface area contributed by atoms with Crippen LogP contribution in [-0.4, -0.2) is 25.0 Å². The minimum atomic E-state index is -0.260. The lowest BCUT2D eigenvalue weighted by Crippen LogP contribution is -2.43. The number of anilines is 1. The number of nitrogens with zero attached hydrogens (tertiary/aromatic N) is 1. The van der Waals surface area contributed by atoms with Crippen LogP contribution in [0.5, 0.6) is 0 Å². The Labute approximate surface area is 189 Å². The van der Waals surface area contributed by atoms with Crippen LogP contribution in [0.2, 0.25) is 0 Å². The van der Waals surface area contributed by atoms with Crippen LogP contribution in [0.1, 0.15) is 38.8 Å². The third-order valence-corrected chi connectivity index (χ3v) is 4.32. The molecule has 5 nitrogen and oxygen atoms in total. The molecule has 0 aromatic heterocycles. The molecule has 2 aromatic carbocycles. The summed E-state index contributed by atoms with van der Waals surface area (Å²) in [5.74, 6) is 0.359. The van der Waals surface area contributed by atoms with Crippen LogP contribution in [0.25, 0.3) is 0 Å². The van der Waals surface area contributed by atoms with Gasteiger partial charge in [0.25, 0.3) is 0 Å². The van der Waals surface area contributed by atoms with Gasteiger partial charge in [-0.15, -0.1) is 24.0 Å². The maximum absolute atomic E-state index is 13.6. The summed E-state index contributed by atoms with van der Waals surface area (Å²) < 4.78 is 13.6. The molecule has 1 amide bonds. The standard InChI is InChI=1S/C22H29FN4O.HI/c1-5-24-21(25-14-17-8-6-11-20(12-17)27-16(2)28)26-15-22(3,4)18-9-7-10-19(23)13-18;/h6-13H,5,14-15H2,1-4H3,(H,27,28)(H2,24,25,26);1H. The molecule has 0 aliphatic carbocycles. The summed E-state index contributed by atoms with van der Waals surface area (Å²) in [6, 6.07) is 14.3. The molecule has 0 unspecified atom stereocenters. The van der Waals surface area contributed by atoms with E-state index in [1.165, 1.54) is 13.0 Å². The first kappa shape index (κ1) is 24.9. The number of halogens is 2.